The van der Waals surface area contributed by atoms with Crippen LogP contribution in [0.15, 0.2) is 18.2 Å². The maximum absolute atomic E-state index is 10.0. The van der Waals surface area contributed by atoms with Crippen LogP contribution in [0.25, 0.3) is 0 Å². The largest absolute Gasteiger partial charge is 0.494 e. The van der Waals surface area contributed by atoms with Crippen LogP contribution in [0.5, 0.6) is 5.75 Å². The van der Waals surface area contributed by atoms with E-state index in [2.05, 4.69) is 6.07 Å². The van der Waals surface area contributed by atoms with Gasteiger partial charge in [-0.15, -0.1) is 0 Å². The third kappa shape index (κ3) is 3.45. The summed E-state index contributed by atoms with van der Waals surface area (Å²) in [5.41, 5.74) is 7.69. The fraction of sp³-hybridized carbons (Fsp3) is 0.571. The molecule has 0 saturated heterocycles. The topological polar surface area (TPSA) is 58.7 Å². The van der Waals surface area contributed by atoms with Gasteiger partial charge in [-0.1, -0.05) is 12.1 Å². The molecule has 1 rings (SSSR count). The van der Waals surface area contributed by atoms with E-state index < -0.39 is 6.10 Å². The Hall–Kier alpha value is -1.10. The van der Waals surface area contributed by atoms with Crippen molar-refractivity contribution < 1.29 is 9.84 Å². The SMILES string of the molecule is CCOc1ccc(C(C(O)CN)N(C)C)cc1C. The van der Waals surface area contributed by atoms with E-state index in [1.807, 2.05) is 45.0 Å². The predicted molar refractivity (Wildman–Crippen MR) is 73.8 cm³/mol. The van der Waals surface area contributed by atoms with Crippen molar-refractivity contribution in [3.63, 3.8) is 0 Å². The van der Waals surface area contributed by atoms with E-state index in [9.17, 15) is 5.11 Å². The summed E-state index contributed by atoms with van der Waals surface area (Å²) in [6.45, 7) is 4.88. The first-order valence-corrected chi connectivity index (χ1v) is 6.29. The van der Waals surface area contributed by atoms with Crippen LogP contribution in [0.1, 0.15) is 24.1 Å². The van der Waals surface area contributed by atoms with Crippen LogP contribution in [0.2, 0.25) is 0 Å². The smallest absolute Gasteiger partial charge is 0.122 e. The summed E-state index contributed by atoms with van der Waals surface area (Å²) in [5, 5.41) is 10.0. The van der Waals surface area contributed by atoms with Crippen LogP contribution in [0.3, 0.4) is 0 Å². The molecule has 0 aromatic heterocycles. The molecule has 18 heavy (non-hydrogen) atoms. The van der Waals surface area contributed by atoms with Crippen LogP contribution in [-0.2, 0) is 0 Å². The van der Waals surface area contributed by atoms with Crippen LogP contribution in [-0.4, -0.2) is 43.4 Å². The zero-order valence-electron chi connectivity index (χ0n) is 11.7. The molecule has 1 aromatic carbocycles. The predicted octanol–water partition coefficient (Wildman–Crippen LogP) is 1.32. The molecule has 4 heteroatoms. The number of nitrogens with two attached hydrogens (primary N) is 1. The van der Waals surface area contributed by atoms with Gasteiger partial charge in [-0.3, -0.25) is 0 Å². The first-order valence-electron chi connectivity index (χ1n) is 6.29. The van der Waals surface area contributed by atoms with E-state index in [-0.39, 0.29) is 12.6 Å². The van der Waals surface area contributed by atoms with Crippen molar-refractivity contribution in [3.05, 3.63) is 29.3 Å². The Labute approximate surface area is 109 Å². The maximum Gasteiger partial charge on any atom is 0.122 e. The van der Waals surface area contributed by atoms with Gasteiger partial charge in [0.25, 0.3) is 0 Å². The molecule has 0 aliphatic heterocycles. The summed E-state index contributed by atoms with van der Waals surface area (Å²) in [5.74, 6) is 0.890. The zero-order chi connectivity index (χ0) is 13.7. The highest BCUT2D eigenvalue weighted by molar-refractivity contribution is 5.37. The lowest BCUT2D eigenvalue weighted by atomic mass is 9.98. The number of hydrogen-bond acceptors (Lipinski definition) is 4. The molecule has 0 fully saturated rings. The quantitative estimate of drug-likeness (QED) is 0.801. The number of rotatable bonds is 6. The average Bonchev–Trinajstić information content (AvgIpc) is 2.32. The molecule has 0 radical (unpaired) electrons. The van der Waals surface area contributed by atoms with Gasteiger partial charge < -0.3 is 20.5 Å². The fourth-order valence-electron chi connectivity index (χ4n) is 2.17. The van der Waals surface area contributed by atoms with E-state index in [0.29, 0.717) is 6.61 Å². The molecular weight excluding hydrogens is 228 g/mol. The van der Waals surface area contributed by atoms with Crippen LogP contribution in [0, 0.1) is 6.92 Å². The van der Waals surface area contributed by atoms with Gasteiger partial charge in [0.05, 0.1) is 18.8 Å². The number of nitrogens with zero attached hydrogens (tertiary/aromatic N) is 1. The Balaban J connectivity index is 3.03. The Bertz CT molecular complexity index is 380. The molecule has 0 aliphatic carbocycles. The van der Waals surface area contributed by atoms with E-state index in [4.69, 9.17) is 10.5 Å². The van der Waals surface area contributed by atoms with E-state index in [0.717, 1.165) is 16.9 Å². The van der Waals surface area contributed by atoms with Crippen molar-refractivity contribution in [1.29, 1.82) is 0 Å². The van der Waals surface area contributed by atoms with Crippen LogP contribution < -0.4 is 10.5 Å². The van der Waals surface area contributed by atoms with Crippen LogP contribution >= 0.6 is 0 Å². The highest BCUT2D eigenvalue weighted by Crippen LogP contribution is 2.27. The number of ether oxygens (including phenoxy) is 1. The number of aryl methyl sites for hydroxylation is 1. The number of likely N-dealkylation sites (N-methyl/N-ethyl adjacent to an activating group) is 1. The highest BCUT2D eigenvalue weighted by Gasteiger charge is 2.22. The summed E-state index contributed by atoms with van der Waals surface area (Å²) in [6, 6.07) is 5.90. The van der Waals surface area contributed by atoms with E-state index >= 15 is 0 Å². The van der Waals surface area contributed by atoms with E-state index in [1.54, 1.807) is 0 Å². The number of benzene rings is 1. The lowest BCUT2D eigenvalue weighted by Gasteiger charge is -2.29. The van der Waals surface area contributed by atoms with Crippen molar-refractivity contribution in [3.8, 4) is 5.75 Å². The van der Waals surface area contributed by atoms with E-state index in [1.165, 1.54) is 0 Å². The first-order chi connectivity index (χ1) is 8.51. The summed E-state index contributed by atoms with van der Waals surface area (Å²) < 4.78 is 5.52. The molecule has 4 nitrogen and oxygen atoms in total. The fourth-order valence-corrected chi connectivity index (χ4v) is 2.17. The average molecular weight is 252 g/mol. The van der Waals surface area contributed by atoms with Gasteiger partial charge >= 0.3 is 0 Å². The molecule has 0 saturated carbocycles. The molecule has 3 N–H and O–H groups in total. The molecular formula is C14H24N2O2. The van der Waals surface area contributed by atoms with Crippen molar-refractivity contribution in [2.24, 2.45) is 5.73 Å². The van der Waals surface area contributed by atoms with Gasteiger partial charge in [0.2, 0.25) is 0 Å². The van der Waals surface area contributed by atoms with Crippen LogP contribution in [0.4, 0.5) is 0 Å². The molecule has 102 valence electrons. The third-order valence-electron chi connectivity index (χ3n) is 3.00. The molecule has 0 heterocycles. The van der Waals surface area contributed by atoms with Crippen molar-refractivity contribution >= 4 is 0 Å². The number of aliphatic hydroxyl groups is 1. The molecule has 0 amide bonds. The number of aliphatic hydroxyl groups excluding tert-OH is 1. The lowest BCUT2D eigenvalue weighted by Crippen LogP contribution is -2.36. The van der Waals surface area contributed by atoms with Crippen molar-refractivity contribution in [2.75, 3.05) is 27.2 Å². The summed E-state index contributed by atoms with van der Waals surface area (Å²) in [4.78, 5) is 1.98. The molecule has 0 spiro atoms. The van der Waals surface area contributed by atoms with Crippen molar-refractivity contribution in [2.45, 2.75) is 26.0 Å². The summed E-state index contributed by atoms with van der Waals surface area (Å²) >= 11 is 0. The Morgan fingerprint density at radius 1 is 1.39 bits per heavy atom. The van der Waals surface area contributed by atoms with Gasteiger partial charge in [0.15, 0.2) is 0 Å². The minimum Gasteiger partial charge on any atom is -0.494 e. The molecule has 0 aliphatic rings. The van der Waals surface area contributed by atoms with Gasteiger partial charge in [0.1, 0.15) is 5.75 Å². The Kier molecular flexibility index (Phi) is 5.59. The zero-order valence-corrected chi connectivity index (χ0v) is 11.7. The van der Waals surface area contributed by atoms with Gasteiger partial charge in [-0.2, -0.15) is 0 Å². The monoisotopic (exact) mass is 252 g/mol. The molecule has 0 bridgehead atoms. The Morgan fingerprint density at radius 2 is 2.06 bits per heavy atom. The lowest BCUT2D eigenvalue weighted by molar-refractivity contribution is 0.0823. The number of hydrogen-bond donors (Lipinski definition) is 2. The Morgan fingerprint density at radius 3 is 2.50 bits per heavy atom. The normalized spacial score (nSPS) is 14.6. The van der Waals surface area contributed by atoms with Gasteiger partial charge in [0, 0.05) is 6.54 Å². The molecule has 2 unspecified atom stereocenters. The van der Waals surface area contributed by atoms with Gasteiger partial charge in [-0.25, -0.2) is 0 Å². The standard InChI is InChI=1S/C14H24N2O2/c1-5-18-13-7-6-11(8-10(13)2)14(16(3)4)12(17)9-15/h6-8,12,14,17H,5,9,15H2,1-4H3. The molecule has 2 atom stereocenters. The third-order valence-corrected chi connectivity index (χ3v) is 3.00. The minimum atomic E-state index is -0.572. The highest BCUT2D eigenvalue weighted by atomic mass is 16.5. The molecule has 1 aromatic rings. The first kappa shape index (κ1) is 15.0. The summed E-state index contributed by atoms with van der Waals surface area (Å²) in [6.07, 6.45) is -0.572. The second kappa shape index (κ2) is 6.73. The maximum atomic E-state index is 10.0. The summed E-state index contributed by atoms with van der Waals surface area (Å²) in [7, 11) is 3.88. The second-order valence-corrected chi connectivity index (χ2v) is 4.67. The minimum absolute atomic E-state index is 0.0932. The second-order valence-electron chi connectivity index (χ2n) is 4.67. The van der Waals surface area contributed by atoms with Crippen molar-refractivity contribution in [1.82, 2.24) is 4.90 Å². The van der Waals surface area contributed by atoms with Gasteiger partial charge in [-0.05, 0) is 45.1 Å².